The number of carbonyl (C=O) groups excluding carboxylic acids is 1. The molecule has 5 nitrogen and oxygen atoms in total. The van der Waals surface area contributed by atoms with Crippen LogP contribution in [0.25, 0.3) is 0 Å². The lowest BCUT2D eigenvalue weighted by atomic mass is 10.1. The largest absolute Gasteiger partial charge is 0.450 e. The van der Waals surface area contributed by atoms with Crippen molar-refractivity contribution in [3.05, 3.63) is 30.9 Å². The van der Waals surface area contributed by atoms with Crippen molar-refractivity contribution in [2.45, 2.75) is 13.0 Å². The van der Waals surface area contributed by atoms with Crippen LogP contribution in [0.15, 0.2) is 23.2 Å². The number of ether oxygens (including phenoxy) is 1. The van der Waals surface area contributed by atoms with Crippen LogP contribution in [0.5, 0.6) is 0 Å². The maximum Gasteiger partial charge on any atom is 0.413 e. The van der Waals surface area contributed by atoms with E-state index in [4.69, 9.17) is 4.74 Å². The van der Waals surface area contributed by atoms with Gasteiger partial charge in [-0.2, -0.15) is 0 Å². The first kappa shape index (κ1) is 15.8. The van der Waals surface area contributed by atoms with Crippen LogP contribution in [0.1, 0.15) is 18.5 Å². The van der Waals surface area contributed by atoms with Crippen molar-refractivity contribution < 1.29 is 9.53 Å². The number of benzene rings is 1. The van der Waals surface area contributed by atoms with E-state index in [0.717, 1.165) is 0 Å². The number of rotatable bonds is 2. The molecule has 0 saturated carbocycles. The van der Waals surface area contributed by atoms with Gasteiger partial charge in [-0.15, -0.1) is 0 Å². The topological polar surface area (TPSA) is 53.9 Å². The summed E-state index contributed by atoms with van der Waals surface area (Å²) in [6.07, 6.45) is -0.462. The number of amides is 1. The molecule has 1 N–H and O–H groups in total. The molecular weight excluding hydrogens is 484 g/mol. The van der Waals surface area contributed by atoms with Gasteiger partial charge in [0.05, 0.1) is 19.2 Å². The van der Waals surface area contributed by atoms with Crippen LogP contribution in [0, 0.1) is 7.14 Å². The van der Waals surface area contributed by atoms with Crippen molar-refractivity contribution in [3.8, 4) is 0 Å². The zero-order valence-electron chi connectivity index (χ0n) is 11.2. The molecule has 0 spiro atoms. The van der Waals surface area contributed by atoms with E-state index in [9.17, 15) is 4.79 Å². The van der Waals surface area contributed by atoms with Crippen molar-refractivity contribution in [2.24, 2.45) is 4.99 Å². The highest BCUT2D eigenvalue weighted by atomic mass is 127. The van der Waals surface area contributed by atoms with Crippen molar-refractivity contribution in [1.82, 2.24) is 10.2 Å². The minimum atomic E-state index is -0.462. The lowest BCUT2D eigenvalue weighted by Crippen LogP contribution is -2.40. The van der Waals surface area contributed by atoms with Crippen molar-refractivity contribution in [1.29, 1.82) is 0 Å². The van der Waals surface area contributed by atoms with Gasteiger partial charge in [0.2, 0.25) is 5.96 Å². The minimum Gasteiger partial charge on any atom is -0.450 e. The van der Waals surface area contributed by atoms with Gasteiger partial charge in [0.25, 0.3) is 0 Å². The molecule has 20 heavy (non-hydrogen) atoms. The average molecular weight is 499 g/mol. The highest BCUT2D eigenvalue weighted by molar-refractivity contribution is 14.1. The first-order valence-electron chi connectivity index (χ1n) is 6.19. The Balaban J connectivity index is 2.11. The van der Waals surface area contributed by atoms with Crippen LogP contribution in [-0.4, -0.2) is 37.2 Å². The molecule has 2 rings (SSSR count). The van der Waals surface area contributed by atoms with Crippen molar-refractivity contribution >= 4 is 57.2 Å². The van der Waals surface area contributed by atoms with Gasteiger partial charge < -0.3 is 9.64 Å². The van der Waals surface area contributed by atoms with Gasteiger partial charge in [0.1, 0.15) is 0 Å². The summed E-state index contributed by atoms with van der Waals surface area (Å²) in [6.45, 7) is 2.76. The van der Waals surface area contributed by atoms with E-state index in [1.807, 2.05) is 11.9 Å². The molecule has 1 aliphatic heterocycles. The summed E-state index contributed by atoms with van der Waals surface area (Å²) >= 11 is 4.63. The second-order valence-corrected chi connectivity index (χ2v) is 6.71. The van der Waals surface area contributed by atoms with Crippen LogP contribution in [0.3, 0.4) is 0 Å². The summed E-state index contributed by atoms with van der Waals surface area (Å²) in [6, 6.07) is 6.49. The predicted molar refractivity (Wildman–Crippen MR) is 94.8 cm³/mol. The van der Waals surface area contributed by atoms with Gasteiger partial charge in [-0.3, -0.25) is 10.3 Å². The first-order valence-corrected chi connectivity index (χ1v) is 8.34. The van der Waals surface area contributed by atoms with Crippen LogP contribution < -0.4 is 5.32 Å². The molecule has 0 radical (unpaired) electrons. The highest BCUT2D eigenvalue weighted by Gasteiger charge is 2.28. The molecule has 0 saturated heterocycles. The molecule has 0 aliphatic carbocycles. The third-order valence-electron chi connectivity index (χ3n) is 3.02. The summed E-state index contributed by atoms with van der Waals surface area (Å²) in [4.78, 5) is 17.8. The Bertz CT molecular complexity index is 548. The number of nitrogens with one attached hydrogen (secondary N) is 1. The number of carbonyl (C=O) groups is 1. The zero-order valence-corrected chi connectivity index (χ0v) is 15.5. The zero-order chi connectivity index (χ0) is 14.7. The fourth-order valence-corrected chi connectivity index (χ4v) is 3.23. The fraction of sp³-hybridized carbons (Fsp3) is 0.385. The van der Waals surface area contributed by atoms with Gasteiger partial charge >= 0.3 is 6.09 Å². The molecule has 1 amide bonds. The van der Waals surface area contributed by atoms with Crippen LogP contribution >= 0.6 is 45.2 Å². The molecule has 1 unspecified atom stereocenters. The highest BCUT2D eigenvalue weighted by Crippen LogP contribution is 2.29. The standard InChI is InChI=1S/C13H15I2N3O2/c1-3-20-13(19)17-12-16-7-11(18(12)2)9-6-8(14)4-5-10(9)15/h4-6,11H,3,7H2,1-2H3,(H,16,17,19). The maximum atomic E-state index is 11.5. The molecule has 0 fully saturated rings. The van der Waals surface area contributed by atoms with E-state index >= 15 is 0 Å². The number of nitrogens with zero attached hydrogens (tertiary/aromatic N) is 2. The van der Waals surface area contributed by atoms with E-state index in [1.54, 1.807) is 6.92 Å². The summed E-state index contributed by atoms with van der Waals surface area (Å²) in [5.41, 5.74) is 1.23. The van der Waals surface area contributed by atoms with Crippen molar-refractivity contribution in [2.75, 3.05) is 20.2 Å². The maximum absolute atomic E-state index is 11.5. The number of alkyl carbamates (subject to hydrolysis) is 1. The molecule has 1 heterocycles. The number of aliphatic imine (C=N–C) groups is 1. The molecule has 1 atom stereocenters. The Morgan fingerprint density at radius 3 is 3.00 bits per heavy atom. The normalized spacial score (nSPS) is 17.9. The fourth-order valence-electron chi connectivity index (χ4n) is 2.02. The minimum absolute atomic E-state index is 0.147. The third kappa shape index (κ3) is 3.54. The molecule has 0 aromatic heterocycles. The van der Waals surface area contributed by atoms with E-state index in [-0.39, 0.29) is 6.04 Å². The Morgan fingerprint density at radius 2 is 2.30 bits per heavy atom. The molecule has 1 aromatic carbocycles. The monoisotopic (exact) mass is 499 g/mol. The number of hydrogen-bond acceptors (Lipinski definition) is 4. The Kier molecular flexibility index (Phi) is 5.47. The van der Waals surface area contributed by atoms with Crippen molar-refractivity contribution in [3.63, 3.8) is 0 Å². The summed E-state index contributed by atoms with van der Waals surface area (Å²) in [5.74, 6) is 0.558. The van der Waals surface area contributed by atoms with Gasteiger partial charge in [-0.1, -0.05) is 0 Å². The molecule has 1 aliphatic rings. The quantitative estimate of drug-likeness (QED) is 0.638. The van der Waals surface area contributed by atoms with E-state index < -0.39 is 6.09 Å². The third-order valence-corrected chi connectivity index (χ3v) is 4.68. The Morgan fingerprint density at radius 1 is 1.55 bits per heavy atom. The number of guanidine groups is 1. The molecule has 7 heteroatoms. The van der Waals surface area contributed by atoms with Gasteiger partial charge in [0.15, 0.2) is 0 Å². The smallest absolute Gasteiger partial charge is 0.413 e. The Hall–Kier alpha value is -0.580. The Labute approximate surface area is 145 Å². The number of halogens is 2. The van der Waals surface area contributed by atoms with Crippen LogP contribution in [-0.2, 0) is 4.74 Å². The SMILES string of the molecule is CCOC(=O)NC1=NCC(c2cc(I)ccc2I)N1C. The molecule has 0 bridgehead atoms. The van der Waals surface area contributed by atoms with Gasteiger partial charge in [-0.25, -0.2) is 4.79 Å². The van der Waals surface area contributed by atoms with Crippen LogP contribution in [0.4, 0.5) is 4.79 Å². The lowest BCUT2D eigenvalue weighted by Gasteiger charge is -2.24. The summed E-state index contributed by atoms with van der Waals surface area (Å²) < 4.78 is 7.27. The first-order chi connectivity index (χ1) is 9.52. The average Bonchev–Trinajstić information content (AvgIpc) is 2.74. The second-order valence-electron chi connectivity index (χ2n) is 4.30. The number of likely N-dealkylation sites (N-methyl/N-ethyl adjacent to an activating group) is 1. The second kappa shape index (κ2) is 6.92. The molecule has 108 valence electrons. The molecule has 1 aromatic rings. The van der Waals surface area contributed by atoms with E-state index in [1.165, 1.54) is 12.7 Å². The summed E-state index contributed by atoms with van der Waals surface area (Å²) in [7, 11) is 1.93. The number of hydrogen-bond donors (Lipinski definition) is 1. The van der Waals surface area contributed by atoms with Gasteiger partial charge in [-0.05, 0) is 75.9 Å². The molecular formula is C13H15I2N3O2. The van der Waals surface area contributed by atoms with Crippen LogP contribution in [0.2, 0.25) is 0 Å². The van der Waals surface area contributed by atoms with E-state index in [0.29, 0.717) is 19.1 Å². The van der Waals surface area contributed by atoms with Gasteiger partial charge in [0, 0.05) is 14.2 Å². The summed E-state index contributed by atoms with van der Waals surface area (Å²) in [5, 5.41) is 2.67. The van der Waals surface area contributed by atoms with E-state index in [2.05, 4.69) is 73.7 Å². The lowest BCUT2D eigenvalue weighted by molar-refractivity contribution is 0.156. The predicted octanol–water partition coefficient (Wildman–Crippen LogP) is 2.98.